The molecule has 2 rings (SSSR count). The highest BCUT2D eigenvalue weighted by molar-refractivity contribution is 7.20. The van der Waals surface area contributed by atoms with Crippen LogP contribution in [0.1, 0.15) is 9.67 Å². The first kappa shape index (κ1) is 10.7. The van der Waals surface area contributed by atoms with Crippen molar-refractivity contribution >= 4 is 38.8 Å². The molecule has 0 aliphatic carbocycles. The van der Waals surface area contributed by atoms with E-state index in [1.807, 2.05) is 31.3 Å². The Kier molecular flexibility index (Phi) is 2.43. The van der Waals surface area contributed by atoms with Crippen LogP contribution in [0, 0.1) is 0 Å². The number of anilines is 2. The van der Waals surface area contributed by atoms with Crippen molar-refractivity contribution in [1.82, 2.24) is 0 Å². The maximum absolute atomic E-state index is 11.2. The fourth-order valence-electron chi connectivity index (χ4n) is 1.64. The van der Waals surface area contributed by atoms with E-state index in [1.165, 1.54) is 11.3 Å². The molecule has 0 saturated carbocycles. The minimum absolute atomic E-state index is 0.403. The molecular formula is C10H13N4OS+. The summed E-state index contributed by atoms with van der Waals surface area (Å²) in [6.45, 7) is 0. The molecule has 84 valence electrons. The van der Waals surface area contributed by atoms with Gasteiger partial charge in [-0.05, 0) is 0 Å². The average molecular weight is 237 g/mol. The molecule has 2 aromatic heterocycles. The van der Waals surface area contributed by atoms with Gasteiger partial charge in [-0.3, -0.25) is 4.79 Å². The molecule has 2 heterocycles. The number of aromatic nitrogens is 1. The highest BCUT2D eigenvalue weighted by Gasteiger charge is 2.21. The molecule has 0 fully saturated rings. The molecular weight excluding hydrogens is 224 g/mol. The molecule has 1 amide bonds. The van der Waals surface area contributed by atoms with Gasteiger partial charge in [-0.1, -0.05) is 11.3 Å². The molecule has 0 bridgehead atoms. The number of H-pyrrole nitrogens is 1. The van der Waals surface area contributed by atoms with E-state index in [0.29, 0.717) is 10.6 Å². The van der Waals surface area contributed by atoms with E-state index in [0.717, 1.165) is 15.9 Å². The van der Waals surface area contributed by atoms with Gasteiger partial charge in [0.05, 0.1) is 11.4 Å². The third kappa shape index (κ3) is 1.47. The van der Waals surface area contributed by atoms with Crippen LogP contribution in [-0.2, 0) is 0 Å². The summed E-state index contributed by atoms with van der Waals surface area (Å²) in [7, 11) is 3.85. The number of nitrogens with zero attached hydrogens (tertiary/aromatic N) is 1. The van der Waals surface area contributed by atoms with Gasteiger partial charge in [-0.25, -0.2) is 4.98 Å². The van der Waals surface area contributed by atoms with Gasteiger partial charge in [-0.2, -0.15) is 0 Å². The second kappa shape index (κ2) is 3.64. The van der Waals surface area contributed by atoms with Crippen LogP contribution in [0.5, 0.6) is 0 Å². The molecule has 0 spiro atoms. The number of fused-ring (bicyclic) bond motifs is 1. The van der Waals surface area contributed by atoms with Crippen LogP contribution in [0.25, 0.3) is 10.2 Å². The molecule has 0 saturated heterocycles. The number of nitrogen functional groups attached to an aromatic ring is 1. The van der Waals surface area contributed by atoms with Gasteiger partial charge in [0.15, 0.2) is 6.20 Å². The summed E-state index contributed by atoms with van der Waals surface area (Å²) in [6.07, 6.45) is 1.82. The number of nitrogens with two attached hydrogens (primary N) is 2. The summed E-state index contributed by atoms with van der Waals surface area (Å²) < 4.78 is 0. The van der Waals surface area contributed by atoms with Crippen LogP contribution in [0.15, 0.2) is 12.3 Å². The Morgan fingerprint density at radius 2 is 2.19 bits per heavy atom. The van der Waals surface area contributed by atoms with E-state index >= 15 is 0 Å². The van der Waals surface area contributed by atoms with Gasteiger partial charge >= 0.3 is 0 Å². The molecule has 16 heavy (non-hydrogen) atoms. The van der Waals surface area contributed by atoms with Crippen molar-refractivity contribution < 1.29 is 9.78 Å². The summed E-state index contributed by atoms with van der Waals surface area (Å²) in [5.74, 6) is -0.489. The molecule has 0 unspecified atom stereocenters. The summed E-state index contributed by atoms with van der Waals surface area (Å²) in [4.78, 5) is 17.5. The van der Waals surface area contributed by atoms with E-state index < -0.39 is 5.91 Å². The fourth-order valence-corrected chi connectivity index (χ4v) is 2.60. The maximum Gasteiger partial charge on any atom is 0.272 e. The number of aromatic amines is 1. The smallest absolute Gasteiger partial charge is 0.272 e. The van der Waals surface area contributed by atoms with Crippen molar-refractivity contribution in [3.05, 3.63) is 17.1 Å². The molecule has 0 aromatic carbocycles. The Morgan fingerprint density at radius 1 is 1.50 bits per heavy atom. The van der Waals surface area contributed by atoms with Gasteiger partial charge in [0.25, 0.3) is 10.7 Å². The monoisotopic (exact) mass is 237 g/mol. The van der Waals surface area contributed by atoms with Gasteiger partial charge in [0.2, 0.25) is 0 Å². The lowest BCUT2D eigenvalue weighted by Crippen LogP contribution is -2.13. The Balaban J connectivity index is 2.82. The number of amides is 1. The SMILES string of the molecule is CN(C)c1cc[nH+]c2sc(C(N)=O)c(N)c12. The molecule has 0 atom stereocenters. The number of pyridine rings is 1. The molecule has 5 nitrogen and oxygen atoms in total. The van der Waals surface area contributed by atoms with Crippen LogP contribution in [0.3, 0.4) is 0 Å². The predicted octanol–water partition coefficient (Wildman–Crippen LogP) is 0.463. The number of nitrogens with one attached hydrogen (secondary N) is 1. The number of rotatable bonds is 2. The first-order chi connectivity index (χ1) is 7.52. The number of carbonyl (C=O) groups is 1. The third-order valence-electron chi connectivity index (χ3n) is 2.36. The minimum Gasteiger partial charge on any atom is -0.397 e. The van der Waals surface area contributed by atoms with E-state index in [1.54, 1.807) is 0 Å². The molecule has 5 N–H and O–H groups in total. The topological polar surface area (TPSA) is 86.5 Å². The molecule has 2 aromatic rings. The van der Waals surface area contributed by atoms with E-state index in [4.69, 9.17) is 11.5 Å². The van der Waals surface area contributed by atoms with Crippen LogP contribution in [0.4, 0.5) is 11.4 Å². The van der Waals surface area contributed by atoms with Crippen molar-refractivity contribution in [2.75, 3.05) is 24.7 Å². The zero-order chi connectivity index (χ0) is 11.9. The first-order valence-electron chi connectivity index (χ1n) is 4.72. The lowest BCUT2D eigenvalue weighted by Gasteiger charge is -2.11. The largest absolute Gasteiger partial charge is 0.397 e. The summed E-state index contributed by atoms with van der Waals surface area (Å²) in [6, 6.07) is 1.91. The number of hydrogen-bond donors (Lipinski definition) is 2. The van der Waals surface area contributed by atoms with Crippen molar-refractivity contribution in [1.29, 1.82) is 0 Å². The Morgan fingerprint density at radius 3 is 2.75 bits per heavy atom. The second-order valence-electron chi connectivity index (χ2n) is 3.67. The normalized spacial score (nSPS) is 10.6. The minimum atomic E-state index is -0.489. The van der Waals surface area contributed by atoms with Crippen LogP contribution >= 0.6 is 11.3 Å². The molecule has 0 aliphatic rings. The second-order valence-corrected chi connectivity index (χ2v) is 4.69. The van der Waals surface area contributed by atoms with Gasteiger partial charge < -0.3 is 16.4 Å². The number of hydrogen-bond acceptors (Lipinski definition) is 4. The lowest BCUT2D eigenvalue weighted by molar-refractivity contribution is -0.341. The van der Waals surface area contributed by atoms with Crippen molar-refractivity contribution in [2.24, 2.45) is 5.73 Å². The first-order valence-corrected chi connectivity index (χ1v) is 5.53. The van der Waals surface area contributed by atoms with Crippen molar-refractivity contribution in [3.8, 4) is 0 Å². The lowest BCUT2D eigenvalue weighted by atomic mass is 10.2. The van der Waals surface area contributed by atoms with Crippen molar-refractivity contribution in [3.63, 3.8) is 0 Å². The van der Waals surface area contributed by atoms with Gasteiger partial charge in [0.1, 0.15) is 10.3 Å². The summed E-state index contributed by atoms with van der Waals surface area (Å²) in [5.41, 5.74) is 12.6. The quantitative estimate of drug-likeness (QED) is 0.795. The Bertz CT molecular complexity index is 561. The fraction of sp³-hybridized carbons (Fsp3) is 0.200. The van der Waals surface area contributed by atoms with Crippen LogP contribution in [0.2, 0.25) is 0 Å². The molecule has 6 heteroatoms. The zero-order valence-electron chi connectivity index (χ0n) is 9.07. The van der Waals surface area contributed by atoms with E-state index in [-0.39, 0.29) is 0 Å². The zero-order valence-corrected chi connectivity index (χ0v) is 9.89. The number of carbonyl (C=O) groups excluding carboxylic acids is 1. The Hall–Kier alpha value is -1.82. The predicted molar refractivity (Wildman–Crippen MR) is 65.6 cm³/mol. The summed E-state index contributed by atoms with van der Waals surface area (Å²) >= 11 is 1.28. The van der Waals surface area contributed by atoms with Crippen molar-refractivity contribution in [2.45, 2.75) is 0 Å². The van der Waals surface area contributed by atoms with E-state index in [9.17, 15) is 4.79 Å². The molecule has 0 aliphatic heterocycles. The average Bonchev–Trinajstić information content (AvgIpc) is 2.56. The number of thiophene rings is 1. The van der Waals surface area contributed by atoms with E-state index in [2.05, 4.69) is 4.98 Å². The van der Waals surface area contributed by atoms with Crippen LogP contribution in [-0.4, -0.2) is 20.0 Å². The van der Waals surface area contributed by atoms with Gasteiger partial charge in [0, 0.05) is 20.2 Å². The van der Waals surface area contributed by atoms with Crippen LogP contribution < -0.4 is 21.4 Å². The molecule has 0 radical (unpaired) electrons. The highest BCUT2D eigenvalue weighted by atomic mass is 32.1. The maximum atomic E-state index is 11.2. The third-order valence-corrected chi connectivity index (χ3v) is 3.51. The Labute approximate surface area is 96.7 Å². The standard InChI is InChI=1S/C10H12N4OS/c1-14(2)5-3-4-13-10-6(5)7(11)8(16-10)9(12)15/h3-4H,11H2,1-2H3,(H2,12,15)/p+1. The highest BCUT2D eigenvalue weighted by Crippen LogP contribution is 2.36. The number of primary amides is 1. The van der Waals surface area contributed by atoms with Gasteiger partial charge in [-0.15, -0.1) is 0 Å². The summed E-state index contributed by atoms with van der Waals surface area (Å²) in [5, 5.41) is 0.853.